The van der Waals surface area contributed by atoms with E-state index in [0.717, 1.165) is 23.7 Å². The first kappa shape index (κ1) is 14.0. The molecular formula is C15H21BrO2. The van der Waals surface area contributed by atoms with Gasteiger partial charge in [-0.25, -0.2) is 0 Å². The molecule has 2 nitrogen and oxygen atoms in total. The third-order valence-corrected chi connectivity index (χ3v) is 4.19. The normalized spacial score (nSPS) is 24.1. The molecule has 1 saturated heterocycles. The molecule has 1 fully saturated rings. The minimum atomic E-state index is 0.00435. The topological polar surface area (TPSA) is 29.5 Å². The van der Waals surface area contributed by atoms with Crippen molar-refractivity contribution >= 4 is 15.9 Å². The van der Waals surface area contributed by atoms with E-state index in [-0.39, 0.29) is 24.2 Å². The molecule has 0 saturated carbocycles. The Kier molecular flexibility index (Phi) is 4.46. The molecule has 0 aromatic heterocycles. The molecule has 100 valence electrons. The lowest BCUT2D eigenvalue weighted by Crippen LogP contribution is -2.22. The fourth-order valence-corrected chi connectivity index (χ4v) is 2.88. The van der Waals surface area contributed by atoms with Gasteiger partial charge in [0.15, 0.2) is 0 Å². The maximum atomic E-state index is 9.57. The number of hydrogen-bond donors (Lipinski definition) is 1. The summed E-state index contributed by atoms with van der Waals surface area (Å²) in [4.78, 5) is 0. The molecule has 2 unspecified atom stereocenters. The van der Waals surface area contributed by atoms with Crippen LogP contribution in [0.25, 0.3) is 0 Å². The van der Waals surface area contributed by atoms with E-state index in [9.17, 15) is 5.11 Å². The number of aliphatic hydroxyl groups is 1. The monoisotopic (exact) mass is 312 g/mol. The minimum absolute atomic E-state index is 0.00435. The van der Waals surface area contributed by atoms with Gasteiger partial charge in [0.05, 0.1) is 18.3 Å². The molecular weight excluding hydrogens is 292 g/mol. The van der Waals surface area contributed by atoms with Crippen LogP contribution in [0.3, 0.4) is 0 Å². The summed E-state index contributed by atoms with van der Waals surface area (Å²) in [5.74, 6) is 0.178. The summed E-state index contributed by atoms with van der Waals surface area (Å²) in [5, 5.41) is 9.57. The average Bonchev–Trinajstić information content (AvgIpc) is 2.67. The lowest BCUT2D eigenvalue weighted by molar-refractivity contribution is -0.0229. The molecule has 1 aliphatic rings. The Labute approximate surface area is 117 Å². The van der Waals surface area contributed by atoms with Crippen molar-refractivity contribution in [2.75, 3.05) is 6.61 Å². The van der Waals surface area contributed by atoms with Gasteiger partial charge in [-0.1, -0.05) is 28.1 Å². The van der Waals surface area contributed by atoms with Gasteiger partial charge in [-0.15, -0.1) is 0 Å². The highest BCUT2D eigenvalue weighted by Gasteiger charge is 2.33. The largest absolute Gasteiger partial charge is 0.396 e. The molecule has 2 atom stereocenters. The fraction of sp³-hybridized carbons (Fsp3) is 0.600. The summed E-state index contributed by atoms with van der Waals surface area (Å²) < 4.78 is 7.08. The molecule has 1 N–H and O–H groups in total. The first-order chi connectivity index (χ1) is 8.50. The predicted octanol–water partition coefficient (Wildman–Crippen LogP) is 3.87. The first-order valence-electron chi connectivity index (χ1n) is 6.54. The molecule has 1 aromatic rings. The van der Waals surface area contributed by atoms with Crippen LogP contribution in [0.4, 0.5) is 0 Å². The van der Waals surface area contributed by atoms with Gasteiger partial charge in [0.1, 0.15) is 0 Å². The van der Waals surface area contributed by atoms with Crippen LogP contribution in [0.5, 0.6) is 0 Å². The Balaban J connectivity index is 2.00. The van der Waals surface area contributed by atoms with E-state index in [2.05, 4.69) is 41.9 Å². The first-order valence-corrected chi connectivity index (χ1v) is 7.33. The van der Waals surface area contributed by atoms with Crippen molar-refractivity contribution < 1.29 is 9.84 Å². The summed E-state index contributed by atoms with van der Waals surface area (Å²) in [6, 6.07) is 8.20. The minimum Gasteiger partial charge on any atom is -0.396 e. The van der Waals surface area contributed by atoms with Gasteiger partial charge in [0, 0.05) is 10.4 Å². The van der Waals surface area contributed by atoms with Gasteiger partial charge in [0.25, 0.3) is 0 Å². The van der Waals surface area contributed by atoms with E-state index < -0.39 is 0 Å². The second kappa shape index (κ2) is 5.72. The number of benzene rings is 1. The zero-order valence-corrected chi connectivity index (χ0v) is 12.6. The highest BCUT2D eigenvalue weighted by Crippen LogP contribution is 2.34. The van der Waals surface area contributed by atoms with Crippen LogP contribution in [0.2, 0.25) is 0 Å². The molecule has 2 rings (SSSR count). The number of rotatable bonds is 4. The zero-order valence-electron chi connectivity index (χ0n) is 11.0. The third-order valence-electron chi connectivity index (χ3n) is 3.66. The molecule has 1 aliphatic heterocycles. The van der Waals surface area contributed by atoms with E-state index in [1.165, 1.54) is 5.56 Å². The zero-order chi connectivity index (χ0) is 13.2. The standard InChI is InChI=1S/C15H21BrO2/c1-15(2)8-7-14(18-15)9-12(10-17)11-3-5-13(16)6-4-11/h3-6,12,14,17H,7-10H2,1-2H3. The Bertz CT molecular complexity index is 386. The Morgan fingerprint density at radius 1 is 1.39 bits per heavy atom. The second-order valence-corrected chi connectivity index (χ2v) is 6.62. The van der Waals surface area contributed by atoms with Gasteiger partial charge in [-0.2, -0.15) is 0 Å². The maximum Gasteiger partial charge on any atom is 0.0631 e. The van der Waals surface area contributed by atoms with Crippen molar-refractivity contribution in [2.45, 2.75) is 50.7 Å². The van der Waals surface area contributed by atoms with Gasteiger partial charge < -0.3 is 9.84 Å². The third kappa shape index (κ3) is 3.56. The van der Waals surface area contributed by atoms with E-state index >= 15 is 0 Å². The van der Waals surface area contributed by atoms with Crippen LogP contribution < -0.4 is 0 Å². The van der Waals surface area contributed by atoms with Crippen molar-refractivity contribution in [1.29, 1.82) is 0 Å². The molecule has 1 heterocycles. The van der Waals surface area contributed by atoms with E-state index in [0.29, 0.717) is 0 Å². The molecule has 0 bridgehead atoms. The summed E-state index contributed by atoms with van der Waals surface area (Å²) in [7, 11) is 0. The van der Waals surface area contributed by atoms with Gasteiger partial charge in [-0.05, 0) is 50.8 Å². The van der Waals surface area contributed by atoms with Crippen LogP contribution in [-0.4, -0.2) is 23.4 Å². The van der Waals surface area contributed by atoms with Gasteiger partial charge >= 0.3 is 0 Å². The Hall–Kier alpha value is -0.380. The van der Waals surface area contributed by atoms with Crippen LogP contribution in [0, 0.1) is 0 Å². The molecule has 0 radical (unpaired) electrons. The lowest BCUT2D eigenvalue weighted by Gasteiger charge is -2.22. The lowest BCUT2D eigenvalue weighted by atomic mass is 9.93. The smallest absolute Gasteiger partial charge is 0.0631 e. The summed E-state index contributed by atoms with van der Waals surface area (Å²) >= 11 is 3.43. The second-order valence-electron chi connectivity index (χ2n) is 5.70. The Morgan fingerprint density at radius 3 is 2.56 bits per heavy atom. The summed E-state index contributed by atoms with van der Waals surface area (Å²) in [6.45, 7) is 4.46. The molecule has 0 amide bonds. The van der Waals surface area contributed by atoms with E-state index in [1.54, 1.807) is 0 Å². The van der Waals surface area contributed by atoms with Crippen LogP contribution in [-0.2, 0) is 4.74 Å². The number of ether oxygens (including phenoxy) is 1. The fourth-order valence-electron chi connectivity index (χ4n) is 2.61. The predicted molar refractivity (Wildman–Crippen MR) is 76.8 cm³/mol. The van der Waals surface area contributed by atoms with Crippen LogP contribution >= 0.6 is 15.9 Å². The highest BCUT2D eigenvalue weighted by atomic mass is 79.9. The number of aliphatic hydroxyl groups excluding tert-OH is 1. The van der Waals surface area contributed by atoms with Crippen molar-refractivity contribution in [1.82, 2.24) is 0 Å². The SMILES string of the molecule is CC1(C)CCC(CC(CO)c2ccc(Br)cc2)O1. The van der Waals surface area contributed by atoms with Crippen molar-refractivity contribution in [3.8, 4) is 0 Å². The quantitative estimate of drug-likeness (QED) is 0.914. The summed E-state index contributed by atoms with van der Waals surface area (Å²) in [6.07, 6.45) is 3.39. The molecule has 18 heavy (non-hydrogen) atoms. The van der Waals surface area contributed by atoms with Gasteiger partial charge in [0.2, 0.25) is 0 Å². The molecule has 1 aromatic carbocycles. The van der Waals surface area contributed by atoms with Crippen LogP contribution in [0.1, 0.15) is 44.6 Å². The van der Waals surface area contributed by atoms with Crippen molar-refractivity contribution in [3.05, 3.63) is 34.3 Å². The van der Waals surface area contributed by atoms with Crippen LogP contribution in [0.15, 0.2) is 28.7 Å². The molecule has 0 spiro atoms. The number of halogens is 1. The van der Waals surface area contributed by atoms with E-state index in [4.69, 9.17) is 4.74 Å². The maximum absolute atomic E-state index is 9.57. The van der Waals surface area contributed by atoms with Gasteiger partial charge in [-0.3, -0.25) is 0 Å². The Morgan fingerprint density at radius 2 is 2.06 bits per heavy atom. The molecule has 3 heteroatoms. The van der Waals surface area contributed by atoms with Crippen molar-refractivity contribution in [3.63, 3.8) is 0 Å². The molecule has 0 aliphatic carbocycles. The van der Waals surface area contributed by atoms with Crippen molar-refractivity contribution in [2.24, 2.45) is 0 Å². The summed E-state index contributed by atoms with van der Waals surface area (Å²) in [5.41, 5.74) is 1.19. The number of hydrogen-bond acceptors (Lipinski definition) is 2. The average molecular weight is 313 g/mol. The highest BCUT2D eigenvalue weighted by molar-refractivity contribution is 9.10. The van der Waals surface area contributed by atoms with E-state index in [1.807, 2.05) is 12.1 Å².